The first-order valence-electron chi connectivity index (χ1n) is 12.7. The minimum Gasteiger partial charge on any atom is -0.390 e. The second-order valence-corrected chi connectivity index (χ2v) is 10.8. The summed E-state index contributed by atoms with van der Waals surface area (Å²) in [5.41, 5.74) is 2.00. The SMILES string of the molecule is CC(C)(O)[C@H]1CC[C@H](NC(=O)c2cnc(-c3cnc4cc(Cl)cnn34)cc2Nc2cnn(CC(F)F)c2)CC1. The van der Waals surface area contributed by atoms with Crippen molar-refractivity contribution < 1.29 is 18.7 Å². The van der Waals surface area contributed by atoms with E-state index < -0.39 is 18.6 Å². The van der Waals surface area contributed by atoms with Gasteiger partial charge < -0.3 is 15.7 Å². The van der Waals surface area contributed by atoms with E-state index in [0.717, 1.165) is 30.4 Å². The smallest absolute Gasteiger partial charge is 0.257 e. The minimum atomic E-state index is -2.55. The molecule has 0 unspecified atom stereocenters. The monoisotopic (exact) mass is 558 g/mol. The number of fused-ring (bicyclic) bond motifs is 1. The topological polar surface area (TPSA) is 122 Å². The summed E-state index contributed by atoms with van der Waals surface area (Å²) in [5.74, 6) is -0.131. The number of aliphatic hydroxyl groups is 1. The molecule has 0 spiro atoms. The van der Waals surface area contributed by atoms with Gasteiger partial charge in [0.1, 0.15) is 12.2 Å². The van der Waals surface area contributed by atoms with Crippen LogP contribution in [0.3, 0.4) is 0 Å². The number of hydrogen-bond acceptors (Lipinski definition) is 7. The van der Waals surface area contributed by atoms with Gasteiger partial charge in [0, 0.05) is 24.5 Å². The van der Waals surface area contributed by atoms with E-state index in [1.54, 1.807) is 22.8 Å². The molecular formula is C26H29ClF2N8O2. The third kappa shape index (κ3) is 6.17. The van der Waals surface area contributed by atoms with Gasteiger partial charge in [-0.05, 0) is 51.5 Å². The Morgan fingerprint density at radius 2 is 1.90 bits per heavy atom. The predicted octanol–water partition coefficient (Wildman–Crippen LogP) is 4.71. The van der Waals surface area contributed by atoms with E-state index in [-0.39, 0.29) is 23.4 Å². The number of halogens is 3. The molecule has 0 radical (unpaired) electrons. The van der Waals surface area contributed by atoms with E-state index in [1.807, 2.05) is 13.8 Å². The summed E-state index contributed by atoms with van der Waals surface area (Å²) in [7, 11) is 0. The minimum absolute atomic E-state index is 0.0369. The maximum atomic E-state index is 13.4. The molecule has 206 valence electrons. The number of aromatic nitrogens is 6. The van der Waals surface area contributed by atoms with Gasteiger partial charge in [-0.15, -0.1) is 0 Å². The first kappa shape index (κ1) is 26.9. The van der Waals surface area contributed by atoms with Crippen molar-refractivity contribution in [3.8, 4) is 11.4 Å². The predicted molar refractivity (Wildman–Crippen MR) is 142 cm³/mol. The zero-order valence-corrected chi connectivity index (χ0v) is 22.2. The van der Waals surface area contributed by atoms with Crippen molar-refractivity contribution in [1.82, 2.24) is 34.7 Å². The Bertz CT molecular complexity index is 1470. The molecule has 4 heterocycles. The van der Waals surface area contributed by atoms with Gasteiger partial charge in [-0.2, -0.15) is 10.2 Å². The van der Waals surface area contributed by atoms with Gasteiger partial charge in [0.15, 0.2) is 5.65 Å². The summed E-state index contributed by atoms with van der Waals surface area (Å²) < 4.78 is 28.4. The fraction of sp³-hybridized carbons (Fsp3) is 0.423. The molecule has 0 bridgehead atoms. The molecule has 4 aromatic rings. The van der Waals surface area contributed by atoms with E-state index >= 15 is 0 Å². The highest BCUT2D eigenvalue weighted by molar-refractivity contribution is 6.30. The van der Waals surface area contributed by atoms with Crippen molar-refractivity contribution in [1.29, 1.82) is 0 Å². The van der Waals surface area contributed by atoms with Gasteiger partial charge in [0.2, 0.25) is 0 Å². The van der Waals surface area contributed by atoms with Crippen LogP contribution in [0.5, 0.6) is 0 Å². The van der Waals surface area contributed by atoms with Gasteiger partial charge in [0.25, 0.3) is 12.3 Å². The molecular weight excluding hydrogens is 530 g/mol. The first-order valence-corrected chi connectivity index (χ1v) is 13.0. The molecule has 1 aliphatic rings. The van der Waals surface area contributed by atoms with Crippen LogP contribution in [0.15, 0.2) is 43.1 Å². The lowest BCUT2D eigenvalue weighted by Crippen LogP contribution is -2.41. The summed E-state index contributed by atoms with van der Waals surface area (Å²) in [6.45, 7) is 3.10. The summed E-state index contributed by atoms with van der Waals surface area (Å²) in [5, 5.41) is 25.3. The third-order valence-corrected chi connectivity index (χ3v) is 7.24. The van der Waals surface area contributed by atoms with E-state index in [1.165, 1.54) is 24.8 Å². The highest BCUT2D eigenvalue weighted by Crippen LogP contribution is 2.33. The van der Waals surface area contributed by atoms with Crippen LogP contribution in [0.25, 0.3) is 17.0 Å². The van der Waals surface area contributed by atoms with Crippen LogP contribution >= 0.6 is 11.6 Å². The highest BCUT2D eigenvalue weighted by atomic mass is 35.5. The highest BCUT2D eigenvalue weighted by Gasteiger charge is 2.32. The Morgan fingerprint density at radius 1 is 1.13 bits per heavy atom. The Labute approximate surface area is 228 Å². The van der Waals surface area contributed by atoms with E-state index in [0.29, 0.717) is 33.4 Å². The Balaban J connectivity index is 1.42. The summed E-state index contributed by atoms with van der Waals surface area (Å²) >= 11 is 6.04. The van der Waals surface area contributed by atoms with Crippen LogP contribution in [0, 0.1) is 5.92 Å². The zero-order valence-electron chi connectivity index (χ0n) is 21.5. The number of hydrogen-bond donors (Lipinski definition) is 3. The summed E-state index contributed by atoms with van der Waals surface area (Å²) in [6.07, 6.45) is 8.01. The number of nitrogens with zero attached hydrogens (tertiary/aromatic N) is 6. The molecule has 0 aromatic carbocycles. The molecule has 1 fully saturated rings. The van der Waals surface area contributed by atoms with Crippen molar-refractivity contribution >= 4 is 34.5 Å². The lowest BCUT2D eigenvalue weighted by atomic mass is 9.77. The standard InChI is InChI=1S/C26H29ClF2N8O2/c1-26(2,39)15-3-5-17(6-4-15)35-25(38)19-11-30-21(22-12-31-24-7-16(27)9-33-37(22)24)8-20(19)34-18-10-32-36(13-18)14-23(28)29/h7-13,15,17,23,39H,3-6,14H2,1-2H3,(H,30,34)(H,35,38)/t15-,17-. The largest absolute Gasteiger partial charge is 0.390 e. The molecule has 13 heteroatoms. The van der Waals surface area contributed by atoms with Crippen molar-refractivity contribution in [2.24, 2.45) is 5.92 Å². The lowest BCUT2D eigenvalue weighted by Gasteiger charge is -2.36. The number of amides is 1. The van der Waals surface area contributed by atoms with Crippen LogP contribution in [0.1, 0.15) is 49.9 Å². The van der Waals surface area contributed by atoms with Crippen molar-refractivity contribution in [2.45, 2.75) is 64.1 Å². The average Bonchev–Trinajstić information content (AvgIpc) is 3.49. The second kappa shape index (κ2) is 10.9. The van der Waals surface area contributed by atoms with Gasteiger partial charge in [-0.25, -0.2) is 18.3 Å². The quantitative estimate of drug-likeness (QED) is 0.286. The van der Waals surface area contributed by atoms with Crippen molar-refractivity contribution in [2.75, 3.05) is 5.32 Å². The van der Waals surface area contributed by atoms with Crippen LogP contribution in [0.2, 0.25) is 5.02 Å². The fourth-order valence-electron chi connectivity index (χ4n) is 4.94. The molecule has 1 amide bonds. The van der Waals surface area contributed by atoms with Crippen molar-refractivity contribution in [3.63, 3.8) is 0 Å². The molecule has 4 aromatic heterocycles. The fourth-order valence-corrected chi connectivity index (χ4v) is 5.08. The molecule has 0 saturated heterocycles. The molecule has 5 rings (SSSR count). The van der Waals surface area contributed by atoms with Crippen LogP contribution in [-0.2, 0) is 6.54 Å². The number of imidazole rings is 1. The summed E-state index contributed by atoms with van der Waals surface area (Å²) in [6, 6.07) is 3.32. The van der Waals surface area contributed by atoms with E-state index in [9.17, 15) is 18.7 Å². The molecule has 0 aliphatic heterocycles. The van der Waals surface area contributed by atoms with Gasteiger partial charge in [0.05, 0.1) is 51.8 Å². The third-order valence-electron chi connectivity index (χ3n) is 7.04. The number of anilines is 2. The Hall–Kier alpha value is -3.64. The zero-order chi connectivity index (χ0) is 27.7. The van der Waals surface area contributed by atoms with Gasteiger partial charge >= 0.3 is 0 Å². The number of alkyl halides is 2. The van der Waals surface area contributed by atoms with Crippen LogP contribution in [-0.4, -0.2) is 58.4 Å². The molecule has 0 atom stereocenters. The molecule has 39 heavy (non-hydrogen) atoms. The molecule has 1 aliphatic carbocycles. The van der Waals surface area contributed by atoms with Gasteiger partial charge in [-0.3, -0.25) is 14.5 Å². The van der Waals surface area contributed by atoms with Crippen LogP contribution in [0.4, 0.5) is 20.2 Å². The Morgan fingerprint density at radius 3 is 2.62 bits per heavy atom. The summed E-state index contributed by atoms with van der Waals surface area (Å²) in [4.78, 5) is 22.2. The maximum Gasteiger partial charge on any atom is 0.257 e. The molecule has 10 nitrogen and oxygen atoms in total. The maximum absolute atomic E-state index is 13.4. The lowest BCUT2D eigenvalue weighted by molar-refractivity contribution is -0.00257. The second-order valence-electron chi connectivity index (χ2n) is 10.3. The van der Waals surface area contributed by atoms with Crippen LogP contribution < -0.4 is 10.6 Å². The first-order chi connectivity index (χ1) is 18.6. The number of pyridine rings is 1. The normalized spacial score (nSPS) is 18.0. The number of carbonyl (C=O) groups excluding carboxylic acids is 1. The number of nitrogens with one attached hydrogen (secondary N) is 2. The molecule has 1 saturated carbocycles. The van der Waals surface area contributed by atoms with E-state index in [4.69, 9.17) is 11.6 Å². The Kier molecular flexibility index (Phi) is 7.50. The molecule has 3 N–H and O–H groups in total. The van der Waals surface area contributed by atoms with Gasteiger partial charge in [-0.1, -0.05) is 11.6 Å². The average molecular weight is 559 g/mol. The number of carbonyl (C=O) groups is 1. The van der Waals surface area contributed by atoms with E-state index in [2.05, 4.69) is 30.8 Å². The number of rotatable bonds is 8. The van der Waals surface area contributed by atoms with Crippen molar-refractivity contribution in [3.05, 3.63) is 53.7 Å².